The lowest BCUT2D eigenvalue weighted by atomic mass is 10.2. The van der Waals surface area contributed by atoms with E-state index in [4.69, 9.17) is 4.74 Å². The maximum atomic E-state index is 12.5. The Morgan fingerprint density at radius 2 is 1.86 bits per heavy atom. The summed E-state index contributed by atoms with van der Waals surface area (Å²) in [6.45, 7) is 7.46. The molecular weight excluding hydrogens is 362 g/mol. The summed E-state index contributed by atoms with van der Waals surface area (Å²) in [5.41, 5.74) is 2.53. The van der Waals surface area contributed by atoms with Gasteiger partial charge in [0, 0.05) is 57.3 Å². The third-order valence-electron chi connectivity index (χ3n) is 5.75. The van der Waals surface area contributed by atoms with Crippen LogP contribution in [0.5, 0.6) is 5.75 Å². The molecule has 0 saturated carbocycles. The molecule has 154 valence electrons. The third-order valence-corrected chi connectivity index (χ3v) is 5.75. The number of nitrogens with zero attached hydrogens (tertiary/aromatic N) is 2. The van der Waals surface area contributed by atoms with Crippen LogP contribution in [0.1, 0.15) is 30.9 Å². The van der Waals surface area contributed by atoms with Crippen molar-refractivity contribution >= 4 is 5.91 Å². The van der Waals surface area contributed by atoms with E-state index < -0.39 is 0 Å². The first kappa shape index (κ1) is 19.9. The first-order valence-electron chi connectivity index (χ1n) is 10.7. The second kappa shape index (κ2) is 9.42. The van der Waals surface area contributed by atoms with Gasteiger partial charge in [0.05, 0.1) is 0 Å². The van der Waals surface area contributed by atoms with Crippen molar-refractivity contribution in [3.63, 3.8) is 0 Å². The Bertz CT molecular complexity index is 811. The molecule has 29 heavy (non-hydrogen) atoms. The predicted octanol–water partition coefficient (Wildman–Crippen LogP) is 3.05. The molecule has 2 aromatic rings. The minimum atomic E-state index is 0.128. The minimum Gasteiger partial charge on any atom is -0.489 e. The number of nitrogens with one attached hydrogen (secondary N) is 1. The second-order valence-corrected chi connectivity index (χ2v) is 8.30. The molecule has 2 atom stereocenters. The zero-order chi connectivity index (χ0) is 20.1. The van der Waals surface area contributed by atoms with Crippen LogP contribution in [0.3, 0.4) is 0 Å². The molecule has 1 N–H and O–H groups in total. The highest BCUT2D eigenvalue weighted by atomic mass is 16.5. The molecule has 4 rings (SSSR count). The summed E-state index contributed by atoms with van der Waals surface area (Å²) in [7, 11) is 0. The second-order valence-electron chi connectivity index (χ2n) is 8.30. The van der Waals surface area contributed by atoms with E-state index in [2.05, 4.69) is 52.4 Å². The number of amides is 1. The van der Waals surface area contributed by atoms with Crippen LogP contribution in [0, 0.1) is 0 Å². The molecule has 2 heterocycles. The Kier molecular flexibility index (Phi) is 6.47. The molecule has 5 nitrogen and oxygen atoms in total. The van der Waals surface area contributed by atoms with E-state index in [1.807, 2.05) is 24.3 Å². The van der Waals surface area contributed by atoms with E-state index >= 15 is 0 Å². The summed E-state index contributed by atoms with van der Waals surface area (Å²) in [5, 5.41) is 3.24. The van der Waals surface area contributed by atoms with Crippen molar-refractivity contribution in [1.29, 1.82) is 0 Å². The number of hydrogen-bond donors (Lipinski definition) is 1. The van der Waals surface area contributed by atoms with Crippen LogP contribution in [-0.2, 0) is 17.9 Å². The smallest absolute Gasteiger partial charge is 0.221 e. The van der Waals surface area contributed by atoms with Gasteiger partial charge in [0.25, 0.3) is 0 Å². The average Bonchev–Trinajstić information content (AvgIpc) is 3.07. The number of carbonyl (C=O) groups excluding carboxylic acids is 1. The highest BCUT2D eigenvalue weighted by Gasteiger charge is 2.25. The molecule has 2 unspecified atom stereocenters. The molecule has 1 saturated heterocycles. The van der Waals surface area contributed by atoms with Crippen molar-refractivity contribution in [2.75, 3.05) is 26.2 Å². The number of carbonyl (C=O) groups is 1. The zero-order valence-electron chi connectivity index (χ0n) is 17.2. The molecule has 0 aliphatic carbocycles. The number of para-hydroxylation sites is 1. The van der Waals surface area contributed by atoms with Gasteiger partial charge in [-0.3, -0.25) is 14.6 Å². The third kappa shape index (κ3) is 5.58. The summed E-state index contributed by atoms with van der Waals surface area (Å²) in [4.78, 5) is 17.3. The van der Waals surface area contributed by atoms with Crippen LogP contribution in [-0.4, -0.2) is 54.0 Å². The quantitative estimate of drug-likeness (QED) is 0.819. The van der Waals surface area contributed by atoms with Crippen molar-refractivity contribution in [2.24, 2.45) is 0 Å². The Morgan fingerprint density at radius 3 is 2.72 bits per heavy atom. The van der Waals surface area contributed by atoms with E-state index in [1.54, 1.807) is 0 Å². The lowest BCUT2D eigenvalue weighted by Crippen LogP contribution is -2.39. The van der Waals surface area contributed by atoms with E-state index in [0.29, 0.717) is 6.42 Å². The van der Waals surface area contributed by atoms with Crippen molar-refractivity contribution in [3.8, 4) is 5.75 Å². The topological polar surface area (TPSA) is 44.8 Å². The lowest BCUT2D eigenvalue weighted by molar-refractivity contribution is -0.122. The molecule has 2 aliphatic rings. The Morgan fingerprint density at radius 1 is 1.07 bits per heavy atom. The number of benzene rings is 2. The first-order chi connectivity index (χ1) is 14.2. The molecule has 0 spiro atoms. The summed E-state index contributed by atoms with van der Waals surface area (Å²) in [5.74, 6) is 1.12. The highest BCUT2D eigenvalue weighted by molar-refractivity contribution is 5.76. The van der Waals surface area contributed by atoms with E-state index in [-0.39, 0.29) is 18.1 Å². The Balaban J connectivity index is 1.22. The fraction of sp³-hybridized carbons (Fsp3) is 0.458. The van der Waals surface area contributed by atoms with Gasteiger partial charge in [-0.2, -0.15) is 0 Å². The van der Waals surface area contributed by atoms with Crippen LogP contribution in [0.2, 0.25) is 0 Å². The zero-order valence-corrected chi connectivity index (χ0v) is 17.2. The van der Waals surface area contributed by atoms with Gasteiger partial charge in [-0.25, -0.2) is 0 Å². The predicted molar refractivity (Wildman–Crippen MR) is 115 cm³/mol. The van der Waals surface area contributed by atoms with Crippen LogP contribution >= 0.6 is 0 Å². The summed E-state index contributed by atoms with van der Waals surface area (Å²) >= 11 is 0. The molecular formula is C24H31N3O2. The van der Waals surface area contributed by atoms with Crippen molar-refractivity contribution in [2.45, 2.75) is 45.0 Å². The summed E-state index contributed by atoms with van der Waals surface area (Å²) < 4.78 is 6.01. The molecule has 1 amide bonds. The number of likely N-dealkylation sites (tertiary alicyclic amines) is 1. The standard InChI is InChI=1S/C24H31N3O2/c1-19-15-26(17-21-9-5-6-10-23(21)29-19)14-12-24(28)25-22-11-13-27(18-22)16-20-7-3-2-4-8-20/h2-10,19,22H,11-18H2,1H3,(H,25,28). The van der Waals surface area contributed by atoms with Gasteiger partial charge in [0.2, 0.25) is 5.91 Å². The maximum Gasteiger partial charge on any atom is 0.221 e. The van der Waals surface area contributed by atoms with Crippen LogP contribution in [0.15, 0.2) is 54.6 Å². The summed E-state index contributed by atoms with van der Waals surface area (Å²) in [6.07, 6.45) is 1.69. The monoisotopic (exact) mass is 393 g/mol. The van der Waals surface area contributed by atoms with Gasteiger partial charge in [-0.1, -0.05) is 48.5 Å². The molecule has 2 aliphatic heterocycles. The van der Waals surface area contributed by atoms with Gasteiger partial charge in [-0.05, 0) is 25.0 Å². The van der Waals surface area contributed by atoms with Crippen molar-refractivity contribution in [3.05, 3.63) is 65.7 Å². The largest absolute Gasteiger partial charge is 0.489 e. The van der Waals surface area contributed by atoms with Gasteiger partial charge in [-0.15, -0.1) is 0 Å². The average molecular weight is 394 g/mol. The van der Waals surface area contributed by atoms with Crippen molar-refractivity contribution in [1.82, 2.24) is 15.1 Å². The molecule has 0 bridgehead atoms. The molecule has 1 fully saturated rings. The summed E-state index contributed by atoms with van der Waals surface area (Å²) in [6, 6.07) is 19.0. The van der Waals surface area contributed by atoms with Gasteiger partial charge < -0.3 is 10.1 Å². The first-order valence-corrected chi connectivity index (χ1v) is 10.7. The number of ether oxygens (including phenoxy) is 1. The Hall–Kier alpha value is -2.37. The fourth-order valence-corrected chi connectivity index (χ4v) is 4.34. The normalized spacial score (nSPS) is 22.5. The fourth-order valence-electron chi connectivity index (χ4n) is 4.34. The molecule has 0 radical (unpaired) electrons. The SMILES string of the molecule is CC1CN(CCC(=O)NC2CCN(Cc3ccccc3)C2)Cc2ccccc2O1. The van der Waals surface area contributed by atoms with Crippen LogP contribution < -0.4 is 10.1 Å². The van der Waals surface area contributed by atoms with Gasteiger partial charge in [0.15, 0.2) is 0 Å². The highest BCUT2D eigenvalue weighted by Crippen LogP contribution is 2.24. The minimum absolute atomic E-state index is 0.128. The van der Waals surface area contributed by atoms with E-state index in [9.17, 15) is 4.79 Å². The molecule has 0 aromatic heterocycles. The Labute approximate surface area is 173 Å². The van der Waals surface area contributed by atoms with Gasteiger partial charge in [0.1, 0.15) is 11.9 Å². The maximum absolute atomic E-state index is 12.5. The molecule has 2 aromatic carbocycles. The number of fused-ring (bicyclic) bond motifs is 1. The van der Waals surface area contributed by atoms with E-state index in [1.165, 1.54) is 11.1 Å². The lowest BCUT2D eigenvalue weighted by Gasteiger charge is -2.22. The van der Waals surface area contributed by atoms with Crippen molar-refractivity contribution < 1.29 is 9.53 Å². The number of rotatable bonds is 6. The van der Waals surface area contributed by atoms with Crippen LogP contribution in [0.4, 0.5) is 0 Å². The van der Waals surface area contributed by atoms with Crippen LogP contribution in [0.25, 0.3) is 0 Å². The van der Waals surface area contributed by atoms with E-state index in [0.717, 1.165) is 51.4 Å². The number of hydrogen-bond acceptors (Lipinski definition) is 4. The molecule has 5 heteroatoms. The van der Waals surface area contributed by atoms with Gasteiger partial charge >= 0.3 is 0 Å².